The highest BCUT2D eigenvalue weighted by molar-refractivity contribution is 6.00. The van der Waals surface area contributed by atoms with Crippen molar-refractivity contribution in [1.82, 2.24) is 10.2 Å². The maximum atomic E-state index is 12.9. The number of urea groups is 2. The normalized spacial score (nSPS) is 15.0. The van der Waals surface area contributed by atoms with Crippen LogP contribution >= 0.6 is 0 Å². The zero-order valence-corrected chi connectivity index (χ0v) is 21.8. The Balaban J connectivity index is 1.70. The second-order valence-corrected chi connectivity index (χ2v) is 8.25. The van der Waals surface area contributed by atoms with E-state index in [1.165, 1.54) is 12.0 Å². The van der Waals surface area contributed by atoms with Gasteiger partial charge in [0.05, 0.1) is 30.4 Å². The largest absolute Gasteiger partial charge is 0.462 e. The number of carbonyl (C=O) groups is 4. The molecule has 1 aliphatic heterocycles. The molecule has 11 heteroatoms. The van der Waals surface area contributed by atoms with Crippen molar-refractivity contribution in [2.75, 3.05) is 44.1 Å². The van der Waals surface area contributed by atoms with Crippen molar-refractivity contribution in [2.24, 2.45) is 0 Å². The fraction of sp³-hybridized carbons (Fsp3) is 0.333. The number of nitrogens with one attached hydrogen (secondary N) is 3. The fourth-order valence-corrected chi connectivity index (χ4v) is 3.93. The van der Waals surface area contributed by atoms with Gasteiger partial charge in [-0.25, -0.2) is 19.2 Å². The van der Waals surface area contributed by atoms with Crippen molar-refractivity contribution in [3.8, 4) is 0 Å². The molecule has 3 N–H and O–H groups in total. The second kappa shape index (κ2) is 13.2. The van der Waals surface area contributed by atoms with Gasteiger partial charge >= 0.3 is 24.0 Å². The van der Waals surface area contributed by atoms with Crippen molar-refractivity contribution in [1.29, 1.82) is 0 Å². The van der Waals surface area contributed by atoms with Crippen LogP contribution in [0.3, 0.4) is 0 Å². The summed E-state index contributed by atoms with van der Waals surface area (Å²) in [7, 11) is 1.51. The van der Waals surface area contributed by atoms with Gasteiger partial charge in [0, 0.05) is 30.7 Å². The van der Waals surface area contributed by atoms with Crippen LogP contribution in [0.4, 0.5) is 21.0 Å². The maximum Gasteiger partial charge on any atom is 0.338 e. The first-order chi connectivity index (χ1) is 18.3. The highest BCUT2D eigenvalue weighted by atomic mass is 16.6. The molecule has 2 aromatic rings. The lowest BCUT2D eigenvalue weighted by Crippen LogP contribution is -2.47. The van der Waals surface area contributed by atoms with E-state index in [1.807, 2.05) is 6.92 Å². The predicted molar refractivity (Wildman–Crippen MR) is 141 cm³/mol. The summed E-state index contributed by atoms with van der Waals surface area (Å²) in [6.07, 6.45) is 0. The summed E-state index contributed by atoms with van der Waals surface area (Å²) < 4.78 is 15.2. The number of benzene rings is 2. The molecule has 1 aliphatic rings. The van der Waals surface area contributed by atoms with E-state index in [4.69, 9.17) is 14.2 Å². The van der Waals surface area contributed by atoms with Gasteiger partial charge < -0.3 is 30.2 Å². The Kier molecular flexibility index (Phi) is 9.83. The van der Waals surface area contributed by atoms with Crippen molar-refractivity contribution < 1.29 is 33.4 Å². The number of methoxy groups -OCH3 is 1. The zero-order valence-electron chi connectivity index (χ0n) is 21.8. The Bertz CT molecular complexity index is 1190. The number of hydrogen-bond acceptors (Lipinski definition) is 7. The number of hydrogen-bond donors (Lipinski definition) is 3. The van der Waals surface area contributed by atoms with Gasteiger partial charge in [0.15, 0.2) is 0 Å². The number of nitrogens with zero attached hydrogens (tertiary/aromatic N) is 1. The minimum absolute atomic E-state index is 0.0857. The minimum Gasteiger partial charge on any atom is -0.462 e. The number of allylic oxidation sites excluding steroid dienone is 1. The number of carbonyl (C=O) groups excluding carboxylic acids is 4. The molecule has 0 radical (unpaired) electrons. The van der Waals surface area contributed by atoms with E-state index in [9.17, 15) is 19.2 Å². The van der Waals surface area contributed by atoms with Crippen LogP contribution in [-0.2, 0) is 19.0 Å². The van der Waals surface area contributed by atoms with Crippen LogP contribution in [0.15, 0.2) is 59.8 Å². The molecular weight excluding hydrogens is 492 g/mol. The molecule has 0 spiro atoms. The molecule has 1 heterocycles. The smallest absolute Gasteiger partial charge is 0.338 e. The van der Waals surface area contributed by atoms with Gasteiger partial charge in [-0.1, -0.05) is 12.1 Å². The first-order valence-electron chi connectivity index (χ1n) is 12.2. The molecule has 1 unspecified atom stereocenters. The molecule has 202 valence electrons. The van der Waals surface area contributed by atoms with Crippen LogP contribution in [0.5, 0.6) is 0 Å². The number of esters is 2. The molecule has 0 saturated heterocycles. The van der Waals surface area contributed by atoms with Gasteiger partial charge in [0.25, 0.3) is 0 Å². The molecule has 0 aliphatic carbocycles. The third kappa shape index (κ3) is 6.88. The van der Waals surface area contributed by atoms with E-state index in [1.54, 1.807) is 62.4 Å². The van der Waals surface area contributed by atoms with Crippen LogP contribution in [0, 0.1) is 0 Å². The van der Waals surface area contributed by atoms with Crippen molar-refractivity contribution in [3.63, 3.8) is 0 Å². The molecule has 4 amide bonds. The SMILES string of the molecule is CCOC(=O)c1ccc(NC(=O)Nc2ccc(C3NC(=O)N(CC)C(C)=C3C(=O)OCCOC)cc2)cc1. The Labute approximate surface area is 221 Å². The molecule has 11 nitrogen and oxygen atoms in total. The lowest BCUT2D eigenvalue weighted by Gasteiger charge is -2.34. The first kappa shape index (κ1) is 28.2. The lowest BCUT2D eigenvalue weighted by atomic mass is 9.94. The maximum absolute atomic E-state index is 12.9. The van der Waals surface area contributed by atoms with Crippen LogP contribution in [-0.4, -0.2) is 62.4 Å². The number of amides is 4. The standard InChI is InChI=1S/C27H32N4O7/c1-5-31-17(3)22(25(33)38-16-15-36-4)23(30-27(31)35)18-7-11-20(12-8-18)28-26(34)29-21-13-9-19(10-14-21)24(32)37-6-2/h7-14,23H,5-6,15-16H2,1-4H3,(H,30,35)(H2,28,29,34). The molecule has 0 bridgehead atoms. The summed E-state index contributed by atoms with van der Waals surface area (Å²) in [5.74, 6) is -0.977. The topological polar surface area (TPSA) is 135 Å². The van der Waals surface area contributed by atoms with E-state index in [2.05, 4.69) is 16.0 Å². The highest BCUT2D eigenvalue weighted by Crippen LogP contribution is 2.31. The molecule has 0 fully saturated rings. The van der Waals surface area contributed by atoms with Crippen molar-refractivity contribution >= 4 is 35.4 Å². The molecule has 1 atom stereocenters. The van der Waals surface area contributed by atoms with E-state index in [0.717, 1.165) is 0 Å². The number of ether oxygens (including phenoxy) is 3. The first-order valence-corrected chi connectivity index (χ1v) is 12.2. The Morgan fingerprint density at radius 2 is 1.50 bits per heavy atom. The van der Waals surface area contributed by atoms with E-state index in [-0.39, 0.29) is 25.9 Å². The summed E-state index contributed by atoms with van der Waals surface area (Å²) >= 11 is 0. The van der Waals surface area contributed by atoms with Crippen LogP contribution < -0.4 is 16.0 Å². The lowest BCUT2D eigenvalue weighted by molar-refractivity contribution is -0.140. The molecular formula is C27H32N4O7. The monoisotopic (exact) mass is 524 g/mol. The summed E-state index contributed by atoms with van der Waals surface area (Å²) in [4.78, 5) is 51.2. The predicted octanol–water partition coefficient (Wildman–Crippen LogP) is 4.06. The van der Waals surface area contributed by atoms with Gasteiger partial charge in [-0.05, 0) is 62.7 Å². The zero-order chi connectivity index (χ0) is 27.7. The van der Waals surface area contributed by atoms with Gasteiger partial charge in [-0.15, -0.1) is 0 Å². The molecule has 3 rings (SSSR count). The average Bonchev–Trinajstić information content (AvgIpc) is 2.89. The van der Waals surface area contributed by atoms with Crippen LogP contribution in [0.25, 0.3) is 0 Å². The minimum atomic E-state index is -0.721. The van der Waals surface area contributed by atoms with Crippen LogP contribution in [0.2, 0.25) is 0 Å². The number of anilines is 2. The summed E-state index contributed by atoms with van der Waals surface area (Å²) in [6.45, 7) is 6.26. The molecule has 38 heavy (non-hydrogen) atoms. The van der Waals surface area contributed by atoms with Gasteiger partial charge in [0.2, 0.25) is 0 Å². The Morgan fingerprint density at radius 1 is 0.895 bits per heavy atom. The number of rotatable bonds is 10. The third-order valence-corrected chi connectivity index (χ3v) is 5.81. The molecule has 0 aromatic heterocycles. The fourth-order valence-electron chi connectivity index (χ4n) is 3.93. The average molecular weight is 525 g/mol. The quantitative estimate of drug-likeness (QED) is 0.315. The van der Waals surface area contributed by atoms with E-state index < -0.39 is 24.0 Å². The van der Waals surface area contributed by atoms with Crippen molar-refractivity contribution in [2.45, 2.75) is 26.8 Å². The summed E-state index contributed by atoms with van der Waals surface area (Å²) in [5.41, 5.74) is 2.86. The van der Waals surface area contributed by atoms with Gasteiger partial charge in [0.1, 0.15) is 6.61 Å². The van der Waals surface area contributed by atoms with Gasteiger partial charge in [-0.2, -0.15) is 0 Å². The van der Waals surface area contributed by atoms with E-state index >= 15 is 0 Å². The van der Waals surface area contributed by atoms with Gasteiger partial charge in [-0.3, -0.25) is 4.90 Å². The molecule has 0 saturated carbocycles. The highest BCUT2D eigenvalue weighted by Gasteiger charge is 2.35. The second-order valence-electron chi connectivity index (χ2n) is 8.25. The molecule has 2 aromatic carbocycles. The summed E-state index contributed by atoms with van der Waals surface area (Å²) in [5, 5.41) is 8.28. The third-order valence-electron chi connectivity index (χ3n) is 5.81. The summed E-state index contributed by atoms with van der Waals surface area (Å²) in [6, 6.07) is 11.6. The van der Waals surface area contributed by atoms with Crippen LogP contribution in [0.1, 0.15) is 42.7 Å². The Hall–Kier alpha value is -4.38. The Morgan fingerprint density at radius 3 is 2.05 bits per heavy atom. The van der Waals surface area contributed by atoms with E-state index in [0.29, 0.717) is 40.3 Å². The van der Waals surface area contributed by atoms with Crippen molar-refractivity contribution in [3.05, 3.63) is 70.9 Å².